The Morgan fingerprint density at radius 1 is 1.00 bits per heavy atom. The van der Waals surface area contributed by atoms with Crippen molar-refractivity contribution in [1.29, 1.82) is 0 Å². The van der Waals surface area contributed by atoms with Crippen molar-refractivity contribution < 1.29 is 8.41 Å². The number of rotatable bonds is 4. The van der Waals surface area contributed by atoms with Gasteiger partial charge in [-0.25, -0.2) is 0 Å². The van der Waals surface area contributed by atoms with Crippen LogP contribution in [0.2, 0.25) is 0 Å². The third-order valence-corrected chi connectivity index (χ3v) is 19.0. The van der Waals surface area contributed by atoms with Gasteiger partial charge >= 0.3 is 76.2 Å². The third kappa shape index (κ3) is 1.09. The summed E-state index contributed by atoms with van der Waals surface area (Å²) < 4.78 is 17.3. The van der Waals surface area contributed by atoms with E-state index in [1.165, 1.54) is 0 Å². The predicted molar refractivity (Wildman–Crippen MR) is 46.2 cm³/mol. The topological polar surface area (TPSA) is 27.7 Å². The van der Waals surface area contributed by atoms with Crippen molar-refractivity contribution >= 4 is 28.8 Å². The second kappa shape index (κ2) is 2.56. The second-order valence-corrected chi connectivity index (χ2v) is 12.4. The van der Waals surface area contributed by atoms with Crippen LogP contribution in [0.15, 0.2) is 0 Å². The van der Waals surface area contributed by atoms with E-state index in [0.29, 0.717) is 0 Å². The van der Waals surface area contributed by atoms with Crippen LogP contribution in [-0.4, -0.2) is 33.8 Å². The van der Waals surface area contributed by atoms with Gasteiger partial charge in [-0.05, 0) is 0 Å². The Morgan fingerprint density at radius 2 is 1.45 bits per heavy atom. The first-order valence-electron chi connectivity index (χ1n) is 4.14. The summed E-state index contributed by atoms with van der Waals surface area (Å²) in [6.07, 6.45) is 4.29. The molecule has 0 radical (unpaired) electrons. The summed E-state index contributed by atoms with van der Waals surface area (Å²) in [5.74, 6) is 0. The Balaban J connectivity index is 2.02. The summed E-state index contributed by atoms with van der Waals surface area (Å²) in [6.45, 7) is 4.32. The van der Waals surface area contributed by atoms with Crippen LogP contribution in [0.3, 0.4) is 0 Å². The normalized spacial score (nSPS) is 34.5. The summed E-state index contributed by atoms with van der Waals surface area (Å²) in [7, 11) is -2.28. The Morgan fingerprint density at radius 3 is 1.64 bits per heavy atom. The molecular formula is C6H14O3PSb. The fourth-order valence-corrected chi connectivity index (χ4v) is 17.2. The zero-order valence-electron chi connectivity index (χ0n) is 6.95. The number of hydrogen-bond donors (Lipinski definition) is 0. The van der Waals surface area contributed by atoms with Crippen LogP contribution in [0.4, 0.5) is 0 Å². The SMILES string of the molecule is CCCP12(CCC)[O][Sb]([O]1)[O]2. The molecule has 5 heteroatoms. The Labute approximate surface area is 76.2 Å². The van der Waals surface area contributed by atoms with Crippen LogP contribution in [0.1, 0.15) is 26.7 Å². The van der Waals surface area contributed by atoms with E-state index in [1.807, 2.05) is 0 Å². The molecule has 3 aliphatic rings. The van der Waals surface area contributed by atoms with Crippen molar-refractivity contribution in [2.24, 2.45) is 0 Å². The van der Waals surface area contributed by atoms with Crippen LogP contribution in [0.25, 0.3) is 0 Å². The van der Waals surface area contributed by atoms with Gasteiger partial charge in [0.15, 0.2) is 0 Å². The molecule has 3 nitrogen and oxygen atoms in total. The average molecular weight is 287 g/mol. The second-order valence-electron chi connectivity index (χ2n) is 3.14. The maximum atomic E-state index is 5.75. The van der Waals surface area contributed by atoms with Gasteiger partial charge in [-0.15, -0.1) is 0 Å². The molecule has 3 heterocycles. The molecule has 0 aromatic heterocycles. The summed E-state index contributed by atoms with van der Waals surface area (Å²) in [5, 5.41) is 0. The molecule has 0 saturated carbocycles. The summed E-state index contributed by atoms with van der Waals surface area (Å²) in [5.41, 5.74) is 0. The summed E-state index contributed by atoms with van der Waals surface area (Å²) in [4.78, 5) is 0. The van der Waals surface area contributed by atoms with Crippen LogP contribution < -0.4 is 0 Å². The Kier molecular flexibility index (Phi) is 2.03. The van der Waals surface area contributed by atoms with Crippen molar-refractivity contribution in [2.75, 3.05) is 12.3 Å². The first kappa shape index (κ1) is 8.71. The minimum absolute atomic E-state index is 1.03. The van der Waals surface area contributed by atoms with Crippen molar-refractivity contribution in [1.82, 2.24) is 0 Å². The molecule has 0 atom stereocenters. The Hall–Kier alpha value is 1.13. The number of hydrogen-bond acceptors (Lipinski definition) is 3. The van der Waals surface area contributed by atoms with E-state index in [4.69, 9.17) is 8.41 Å². The molecule has 0 spiro atoms. The molecule has 3 rings (SSSR count). The molecule has 0 amide bonds. The van der Waals surface area contributed by atoms with Gasteiger partial charge in [0.1, 0.15) is 0 Å². The molecule has 3 aliphatic heterocycles. The monoisotopic (exact) mass is 286 g/mol. The van der Waals surface area contributed by atoms with Crippen molar-refractivity contribution in [3.05, 3.63) is 0 Å². The molecule has 3 fully saturated rings. The van der Waals surface area contributed by atoms with Gasteiger partial charge < -0.3 is 0 Å². The van der Waals surface area contributed by atoms with Crippen LogP contribution in [0, 0.1) is 0 Å². The van der Waals surface area contributed by atoms with Gasteiger partial charge in [0.25, 0.3) is 0 Å². The van der Waals surface area contributed by atoms with E-state index in [9.17, 15) is 0 Å². The quantitative estimate of drug-likeness (QED) is 0.586. The van der Waals surface area contributed by atoms with E-state index < -0.39 is 28.8 Å². The third-order valence-electron chi connectivity index (χ3n) is 2.06. The first-order valence-corrected chi connectivity index (χ1v) is 9.63. The van der Waals surface area contributed by atoms with Crippen LogP contribution >= 0.6 is 7.28 Å². The van der Waals surface area contributed by atoms with E-state index in [1.54, 1.807) is 0 Å². The first-order chi connectivity index (χ1) is 5.22. The van der Waals surface area contributed by atoms with Gasteiger partial charge in [-0.2, -0.15) is 0 Å². The van der Waals surface area contributed by atoms with Crippen molar-refractivity contribution in [3.63, 3.8) is 0 Å². The zero-order chi connectivity index (χ0) is 7.97. The van der Waals surface area contributed by atoms with E-state index in [0.717, 1.165) is 25.2 Å². The molecule has 11 heavy (non-hydrogen) atoms. The van der Waals surface area contributed by atoms with Gasteiger partial charge in [-0.1, -0.05) is 0 Å². The molecule has 0 unspecified atom stereocenters. The summed E-state index contributed by atoms with van der Waals surface area (Å²) >= 11 is -1.84. The minimum atomic E-state index is -2.28. The fourth-order valence-electron chi connectivity index (χ4n) is 1.69. The predicted octanol–water partition coefficient (Wildman–Crippen LogP) is 2.17. The standard InChI is InChI=1S/C6H14O3P.Sb/c1-3-5-10(7,8,9)6-4-2;/h3-6H2,1-2H3;/q-3;+3. The zero-order valence-corrected chi connectivity index (χ0v) is 10.4. The Bertz CT molecular complexity index is 157. The fraction of sp³-hybridized carbons (Fsp3) is 1.00. The van der Waals surface area contributed by atoms with Gasteiger partial charge in [0, 0.05) is 0 Å². The average Bonchev–Trinajstić information content (AvgIpc) is 1.81. The van der Waals surface area contributed by atoms with Crippen LogP contribution in [0.5, 0.6) is 0 Å². The molecule has 3 saturated heterocycles. The van der Waals surface area contributed by atoms with Gasteiger partial charge in [0.05, 0.1) is 0 Å². The van der Waals surface area contributed by atoms with Crippen molar-refractivity contribution in [2.45, 2.75) is 26.7 Å². The maximum absolute atomic E-state index is 5.75. The molecule has 0 aromatic rings. The van der Waals surface area contributed by atoms with E-state index in [2.05, 4.69) is 13.8 Å². The molecule has 0 aliphatic carbocycles. The summed E-state index contributed by atoms with van der Waals surface area (Å²) in [6, 6.07) is 0. The van der Waals surface area contributed by atoms with Gasteiger partial charge in [0.2, 0.25) is 0 Å². The molecule has 0 N–H and O–H groups in total. The molecule has 2 bridgehead atoms. The van der Waals surface area contributed by atoms with Gasteiger partial charge in [-0.3, -0.25) is 0 Å². The van der Waals surface area contributed by atoms with E-state index >= 15 is 0 Å². The molecular weight excluding hydrogens is 273 g/mol. The molecule has 0 aromatic carbocycles. The molecule has 66 valence electrons. The van der Waals surface area contributed by atoms with Crippen molar-refractivity contribution in [3.8, 4) is 0 Å². The van der Waals surface area contributed by atoms with E-state index in [-0.39, 0.29) is 0 Å². The van der Waals surface area contributed by atoms with Crippen LogP contribution in [-0.2, 0) is 8.41 Å².